The van der Waals surface area contributed by atoms with E-state index < -0.39 is 11.7 Å². The molecular formula is C11H16F3N3O. The van der Waals surface area contributed by atoms with Gasteiger partial charge >= 0.3 is 6.18 Å². The fraction of sp³-hybridized carbons (Fsp3) is 0.727. The van der Waals surface area contributed by atoms with Crippen molar-refractivity contribution in [1.82, 2.24) is 9.80 Å². The number of likely N-dealkylation sites (tertiary alicyclic amines) is 1. The Morgan fingerprint density at radius 3 is 2.44 bits per heavy atom. The maximum atomic E-state index is 12.5. The molecule has 1 N–H and O–H groups in total. The molecule has 0 bridgehead atoms. The minimum atomic E-state index is -4.32. The molecule has 18 heavy (non-hydrogen) atoms. The zero-order valence-corrected chi connectivity index (χ0v) is 10.1. The number of piperidine rings is 1. The SMILES string of the molecule is CN1CC(C(F)(F)F)=CN=C1N1CCC(O)CC1. The van der Waals surface area contributed by atoms with Gasteiger partial charge in [-0.2, -0.15) is 13.2 Å². The number of likely N-dealkylation sites (N-methyl/N-ethyl adjacent to an activating group) is 1. The van der Waals surface area contributed by atoms with Crippen LogP contribution in [-0.4, -0.2) is 59.8 Å². The fourth-order valence-electron chi connectivity index (χ4n) is 2.15. The molecule has 2 aliphatic heterocycles. The van der Waals surface area contributed by atoms with Crippen molar-refractivity contribution < 1.29 is 18.3 Å². The number of alkyl halides is 3. The summed E-state index contributed by atoms with van der Waals surface area (Å²) in [4.78, 5) is 7.33. The van der Waals surface area contributed by atoms with Crippen molar-refractivity contribution in [2.75, 3.05) is 26.7 Å². The van der Waals surface area contributed by atoms with E-state index in [1.807, 2.05) is 4.90 Å². The molecule has 0 saturated carbocycles. The summed E-state index contributed by atoms with van der Waals surface area (Å²) in [5.41, 5.74) is -0.634. The van der Waals surface area contributed by atoms with Gasteiger partial charge in [0.25, 0.3) is 0 Å². The monoisotopic (exact) mass is 263 g/mol. The van der Waals surface area contributed by atoms with Crippen LogP contribution in [0.5, 0.6) is 0 Å². The number of halogens is 3. The van der Waals surface area contributed by atoms with Gasteiger partial charge in [0.15, 0.2) is 0 Å². The van der Waals surface area contributed by atoms with Gasteiger partial charge in [0.2, 0.25) is 5.96 Å². The molecular weight excluding hydrogens is 247 g/mol. The molecule has 0 aromatic rings. The summed E-state index contributed by atoms with van der Waals surface area (Å²) in [7, 11) is 1.60. The van der Waals surface area contributed by atoms with Crippen molar-refractivity contribution in [3.8, 4) is 0 Å². The van der Waals surface area contributed by atoms with E-state index >= 15 is 0 Å². The van der Waals surface area contributed by atoms with Crippen LogP contribution in [0.1, 0.15) is 12.8 Å². The number of hydrogen-bond donors (Lipinski definition) is 1. The molecule has 2 rings (SSSR count). The van der Waals surface area contributed by atoms with Crippen molar-refractivity contribution in [2.24, 2.45) is 4.99 Å². The summed E-state index contributed by atoms with van der Waals surface area (Å²) >= 11 is 0. The lowest BCUT2D eigenvalue weighted by atomic mass is 10.1. The first kappa shape index (κ1) is 13.2. The second-order valence-corrected chi connectivity index (χ2v) is 4.66. The lowest BCUT2D eigenvalue weighted by Gasteiger charge is -2.37. The smallest absolute Gasteiger partial charge is 0.393 e. The van der Waals surface area contributed by atoms with Crippen LogP contribution in [0.4, 0.5) is 13.2 Å². The molecule has 0 atom stereocenters. The lowest BCUT2D eigenvalue weighted by molar-refractivity contribution is -0.0949. The Morgan fingerprint density at radius 2 is 1.94 bits per heavy atom. The van der Waals surface area contributed by atoms with Gasteiger partial charge in [0.05, 0.1) is 18.2 Å². The highest BCUT2D eigenvalue weighted by Gasteiger charge is 2.37. The molecule has 0 aromatic carbocycles. The Balaban J connectivity index is 2.10. The minimum absolute atomic E-state index is 0.179. The van der Waals surface area contributed by atoms with E-state index in [4.69, 9.17) is 0 Å². The molecule has 4 nitrogen and oxygen atoms in total. The first-order valence-electron chi connectivity index (χ1n) is 5.86. The van der Waals surface area contributed by atoms with E-state index in [0.717, 1.165) is 6.20 Å². The topological polar surface area (TPSA) is 39.1 Å². The van der Waals surface area contributed by atoms with E-state index in [9.17, 15) is 18.3 Å². The average Bonchev–Trinajstić information content (AvgIpc) is 2.29. The van der Waals surface area contributed by atoms with Gasteiger partial charge in [0, 0.05) is 26.3 Å². The number of hydrogen-bond acceptors (Lipinski definition) is 4. The highest BCUT2D eigenvalue weighted by atomic mass is 19.4. The minimum Gasteiger partial charge on any atom is -0.393 e. The molecule has 2 aliphatic rings. The quantitative estimate of drug-likeness (QED) is 0.713. The molecule has 0 amide bonds. The Hall–Kier alpha value is -1.24. The number of aliphatic hydroxyl groups excluding tert-OH is 1. The van der Waals surface area contributed by atoms with E-state index in [2.05, 4.69) is 4.99 Å². The summed E-state index contributed by atoms with van der Waals surface area (Å²) in [6, 6.07) is 0. The van der Waals surface area contributed by atoms with Crippen LogP contribution in [0.25, 0.3) is 0 Å². The number of rotatable bonds is 0. The standard InChI is InChI=1S/C11H16F3N3O/c1-16-7-8(11(12,13)14)6-15-10(16)17-4-2-9(18)3-5-17/h6,9,18H,2-5,7H2,1H3. The van der Waals surface area contributed by atoms with Crippen LogP contribution in [0.3, 0.4) is 0 Å². The third-order valence-corrected chi connectivity index (χ3v) is 3.20. The van der Waals surface area contributed by atoms with Crippen molar-refractivity contribution >= 4 is 5.96 Å². The zero-order chi connectivity index (χ0) is 13.3. The summed E-state index contributed by atoms with van der Waals surface area (Å²) < 4.78 is 37.6. The van der Waals surface area contributed by atoms with Crippen LogP contribution < -0.4 is 0 Å². The van der Waals surface area contributed by atoms with Crippen LogP contribution in [-0.2, 0) is 0 Å². The summed E-state index contributed by atoms with van der Waals surface area (Å²) in [5.74, 6) is 0.551. The van der Waals surface area contributed by atoms with Crippen molar-refractivity contribution in [3.05, 3.63) is 11.8 Å². The van der Waals surface area contributed by atoms with Gasteiger partial charge in [-0.1, -0.05) is 0 Å². The van der Waals surface area contributed by atoms with Gasteiger partial charge in [-0.25, -0.2) is 4.99 Å². The number of aliphatic imine (C=N–C) groups is 1. The Morgan fingerprint density at radius 1 is 1.33 bits per heavy atom. The second kappa shape index (κ2) is 4.79. The molecule has 0 aliphatic carbocycles. The zero-order valence-electron chi connectivity index (χ0n) is 10.1. The maximum Gasteiger partial charge on any atom is 0.415 e. The largest absolute Gasteiger partial charge is 0.415 e. The maximum absolute atomic E-state index is 12.5. The average molecular weight is 263 g/mol. The molecule has 102 valence electrons. The van der Waals surface area contributed by atoms with E-state index in [1.165, 1.54) is 4.90 Å². The Bertz CT molecular complexity index is 370. The third-order valence-electron chi connectivity index (χ3n) is 3.20. The molecule has 0 spiro atoms. The first-order chi connectivity index (χ1) is 8.38. The normalized spacial score (nSPS) is 22.9. The third kappa shape index (κ3) is 2.77. The fourth-order valence-corrected chi connectivity index (χ4v) is 2.15. The van der Waals surface area contributed by atoms with Crippen LogP contribution in [0.2, 0.25) is 0 Å². The van der Waals surface area contributed by atoms with Gasteiger partial charge in [-0.3, -0.25) is 0 Å². The molecule has 1 fully saturated rings. The lowest BCUT2D eigenvalue weighted by Crippen LogP contribution is -2.49. The summed E-state index contributed by atoms with van der Waals surface area (Å²) in [6.07, 6.45) is -2.47. The van der Waals surface area contributed by atoms with Crippen LogP contribution in [0, 0.1) is 0 Å². The number of aliphatic hydroxyl groups is 1. The Kier molecular flexibility index (Phi) is 3.52. The van der Waals surface area contributed by atoms with Crippen LogP contribution in [0.15, 0.2) is 16.8 Å². The Labute approximate surface area is 103 Å². The molecule has 7 heteroatoms. The van der Waals surface area contributed by atoms with Crippen molar-refractivity contribution in [3.63, 3.8) is 0 Å². The van der Waals surface area contributed by atoms with E-state index in [0.29, 0.717) is 31.9 Å². The van der Waals surface area contributed by atoms with Crippen molar-refractivity contribution in [2.45, 2.75) is 25.1 Å². The molecule has 2 heterocycles. The molecule has 0 aromatic heterocycles. The second-order valence-electron chi connectivity index (χ2n) is 4.66. The highest BCUT2D eigenvalue weighted by Crippen LogP contribution is 2.28. The number of guanidine groups is 1. The van der Waals surface area contributed by atoms with Crippen molar-refractivity contribution in [1.29, 1.82) is 0 Å². The molecule has 1 saturated heterocycles. The van der Waals surface area contributed by atoms with Crippen LogP contribution >= 0.6 is 0 Å². The van der Waals surface area contributed by atoms with E-state index in [1.54, 1.807) is 7.05 Å². The first-order valence-corrected chi connectivity index (χ1v) is 5.86. The predicted molar refractivity (Wildman–Crippen MR) is 61.0 cm³/mol. The predicted octanol–water partition coefficient (Wildman–Crippen LogP) is 1.19. The van der Waals surface area contributed by atoms with Gasteiger partial charge in [-0.05, 0) is 12.8 Å². The van der Waals surface area contributed by atoms with E-state index in [-0.39, 0.29) is 12.6 Å². The highest BCUT2D eigenvalue weighted by molar-refractivity contribution is 5.81. The molecule has 0 unspecified atom stereocenters. The van der Waals surface area contributed by atoms with Gasteiger partial charge in [-0.15, -0.1) is 0 Å². The number of nitrogens with zero attached hydrogens (tertiary/aromatic N) is 3. The molecule has 0 radical (unpaired) electrons. The van der Waals surface area contributed by atoms with Gasteiger partial charge < -0.3 is 14.9 Å². The summed E-state index contributed by atoms with van der Waals surface area (Å²) in [6.45, 7) is 1.07. The van der Waals surface area contributed by atoms with Gasteiger partial charge in [0.1, 0.15) is 0 Å². The summed E-state index contributed by atoms with van der Waals surface area (Å²) in [5, 5.41) is 9.40.